The molecule has 0 spiro atoms. The minimum absolute atomic E-state index is 0.386. The highest BCUT2D eigenvalue weighted by Gasteiger charge is 2.21. The number of hydrogen-bond acceptors (Lipinski definition) is 4. The van der Waals surface area contributed by atoms with Crippen molar-refractivity contribution < 1.29 is 14.8 Å². The molecule has 1 aromatic rings. The van der Waals surface area contributed by atoms with Crippen molar-refractivity contribution in [3.63, 3.8) is 0 Å². The first-order valence-electron chi connectivity index (χ1n) is 4.77. The predicted octanol–water partition coefficient (Wildman–Crippen LogP) is -0.487. The topological polar surface area (TPSA) is 183 Å². The minimum atomic E-state index is -1.39. The van der Waals surface area contributed by atoms with E-state index in [1.54, 1.807) is 0 Å². The van der Waals surface area contributed by atoms with Crippen LogP contribution in [0.1, 0.15) is 10.4 Å². The number of rotatable bonds is 3. The van der Waals surface area contributed by atoms with Crippen molar-refractivity contribution in [2.24, 2.45) is 27.2 Å². The van der Waals surface area contributed by atoms with Gasteiger partial charge in [-0.2, -0.15) is 4.99 Å². The van der Waals surface area contributed by atoms with E-state index in [1.807, 2.05) is 0 Å². The zero-order valence-electron chi connectivity index (χ0n) is 9.48. The summed E-state index contributed by atoms with van der Waals surface area (Å²) in [5, 5.41) is 19.8. The molecular formula is C9H10N6O4. The van der Waals surface area contributed by atoms with Gasteiger partial charge in [0.25, 0.3) is 5.69 Å². The van der Waals surface area contributed by atoms with Crippen LogP contribution in [0.15, 0.2) is 28.2 Å². The molecule has 0 amide bonds. The molecule has 0 aliphatic rings. The van der Waals surface area contributed by atoms with Crippen molar-refractivity contribution in [2.45, 2.75) is 0 Å². The van der Waals surface area contributed by atoms with Crippen LogP contribution < -0.4 is 17.2 Å². The van der Waals surface area contributed by atoms with Crippen molar-refractivity contribution in [3.05, 3.63) is 33.9 Å². The highest BCUT2D eigenvalue weighted by Crippen LogP contribution is 2.31. The number of nitrogens with two attached hydrogens (primary N) is 3. The molecule has 0 radical (unpaired) electrons. The molecule has 0 saturated heterocycles. The summed E-state index contributed by atoms with van der Waals surface area (Å²) in [5.41, 5.74) is 14.1. The Labute approximate surface area is 106 Å². The second-order valence-corrected chi connectivity index (χ2v) is 3.24. The third-order valence-electron chi connectivity index (χ3n) is 1.91. The molecule has 10 nitrogen and oxygen atoms in total. The van der Waals surface area contributed by atoms with Crippen LogP contribution in [-0.4, -0.2) is 27.9 Å². The zero-order chi connectivity index (χ0) is 14.6. The van der Waals surface area contributed by atoms with Crippen LogP contribution in [0.3, 0.4) is 0 Å². The molecule has 0 fully saturated rings. The van der Waals surface area contributed by atoms with E-state index in [9.17, 15) is 14.9 Å². The number of carbonyl (C=O) groups is 1. The van der Waals surface area contributed by atoms with E-state index in [-0.39, 0.29) is 5.56 Å². The number of para-hydroxylation sites is 1. The quantitative estimate of drug-likeness (QED) is 0.246. The fourth-order valence-electron chi connectivity index (χ4n) is 1.24. The molecule has 10 heteroatoms. The normalized spacial score (nSPS) is 10.8. The van der Waals surface area contributed by atoms with Gasteiger partial charge in [-0.3, -0.25) is 10.1 Å². The molecule has 1 rings (SSSR count). The van der Waals surface area contributed by atoms with Crippen molar-refractivity contribution in [1.29, 1.82) is 0 Å². The van der Waals surface area contributed by atoms with Crippen molar-refractivity contribution in [3.8, 4) is 0 Å². The number of guanidine groups is 2. The third kappa shape index (κ3) is 3.39. The van der Waals surface area contributed by atoms with Crippen LogP contribution in [-0.2, 0) is 0 Å². The molecule has 0 heterocycles. The van der Waals surface area contributed by atoms with E-state index in [0.29, 0.717) is 0 Å². The number of benzene rings is 1. The number of nitro benzene ring substituents is 1. The van der Waals surface area contributed by atoms with Crippen molar-refractivity contribution in [2.75, 3.05) is 0 Å². The number of nitrogens with zero attached hydrogens (tertiary/aromatic N) is 3. The minimum Gasteiger partial charge on any atom is -0.478 e. The molecule has 7 N–H and O–H groups in total. The summed E-state index contributed by atoms with van der Waals surface area (Å²) in [4.78, 5) is 27.9. The Bertz CT molecular complexity index is 558. The molecule has 0 aromatic heterocycles. The van der Waals surface area contributed by atoms with E-state index < -0.39 is 34.2 Å². The first-order valence-corrected chi connectivity index (χ1v) is 4.77. The SMILES string of the molecule is NC(N)=NC(N)=Nc1c(C(=O)O)cccc1[N+](=O)[O-]. The van der Waals surface area contributed by atoms with E-state index in [4.69, 9.17) is 22.3 Å². The largest absolute Gasteiger partial charge is 0.478 e. The van der Waals surface area contributed by atoms with Gasteiger partial charge in [0.05, 0.1) is 10.5 Å². The highest BCUT2D eigenvalue weighted by molar-refractivity contribution is 5.99. The summed E-state index contributed by atoms with van der Waals surface area (Å²) >= 11 is 0. The van der Waals surface area contributed by atoms with Gasteiger partial charge in [0.1, 0.15) is 0 Å². The zero-order valence-corrected chi connectivity index (χ0v) is 9.48. The fourth-order valence-corrected chi connectivity index (χ4v) is 1.24. The van der Waals surface area contributed by atoms with Gasteiger partial charge in [-0.1, -0.05) is 6.07 Å². The van der Waals surface area contributed by atoms with Gasteiger partial charge in [-0.25, -0.2) is 9.79 Å². The lowest BCUT2D eigenvalue weighted by Gasteiger charge is -2.02. The summed E-state index contributed by atoms with van der Waals surface area (Å²) in [7, 11) is 0. The lowest BCUT2D eigenvalue weighted by Crippen LogP contribution is -2.26. The molecule has 0 aliphatic carbocycles. The second kappa shape index (κ2) is 5.44. The Morgan fingerprint density at radius 2 is 1.95 bits per heavy atom. The van der Waals surface area contributed by atoms with Crippen LogP contribution in [0.2, 0.25) is 0 Å². The molecule has 0 unspecified atom stereocenters. The van der Waals surface area contributed by atoms with Crippen molar-refractivity contribution >= 4 is 29.3 Å². The van der Waals surface area contributed by atoms with Gasteiger partial charge in [0.15, 0.2) is 11.6 Å². The summed E-state index contributed by atoms with van der Waals surface area (Å²) in [6.07, 6.45) is 0. The standard InChI is InChI=1S/C9H10N6O4/c10-8(11)14-9(12)13-6-4(7(16)17)2-1-3-5(6)15(18)19/h1-3H,(H,16,17)(H6,10,11,12,13,14). The molecule has 0 saturated carbocycles. The maximum atomic E-state index is 11.0. The maximum Gasteiger partial charge on any atom is 0.338 e. The van der Waals surface area contributed by atoms with E-state index in [2.05, 4.69) is 9.98 Å². The number of aliphatic imine (C=N–C) groups is 2. The molecule has 1 aromatic carbocycles. The third-order valence-corrected chi connectivity index (χ3v) is 1.91. The average Bonchev–Trinajstić information content (AvgIpc) is 2.27. The van der Waals surface area contributed by atoms with E-state index in [1.165, 1.54) is 6.07 Å². The molecule has 0 bridgehead atoms. The van der Waals surface area contributed by atoms with Crippen LogP contribution in [0.5, 0.6) is 0 Å². The lowest BCUT2D eigenvalue weighted by atomic mass is 10.1. The molecule has 0 atom stereocenters. The fraction of sp³-hybridized carbons (Fsp3) is 0. The van der Waals surface area contributed by atoms with E-state index in [0.717, 1.165) is 12.1 Å². The summed E-state index contributed by atoms with van der Waals surface area (Å²) < 4.78 is 0. The summed E-state index contributed by atoms with van der Waals surface area (Å²) in [6.45, 7) is 0. The maximum absolute atomic E-state index is 11.0. The smallest absolute Gasteiger partial charge is 0.338 e. The number of aromatic carboxylic acids is 1. The van der Waals surface area contributed by atoms with Gasteiger partial charge in [0.2, 0.25) is 5.96 Å². The van der Waals surface area contributed by atoms with Crippen LogP contribution >= 0.6 is 0 Å². The Morgan fingerprint density at radius 3 is 2.42 bits per heavy atom. The highest BCUT2D eigenvalue weighted by atomic mass is 16.6. The first kappa shape index (κ1) is 13.9. The van der Waals surface area contributed by atoms with Gasteiger partial charge >= 0.3 is 5.97 Å². The Balaban J connectivity index is 3.50. The molecular weight excluding hydrogens is 256 g/mol. The number of carboxylic acids is 1. The second-order valence-electron chi connectivity index (χ2n) is 3.24. The Morgan fingerprint density at radius 1 is 1.32 bits per heavy atom. The average molecular weight is 266 g/mol. The first-order chi connectivity index (χ1) is 8.82. The molecule has 100 valence electrons. The summed E-state index contributed by atoms with van der Waals surface area (Å²) in [5.74, 6) is -2.28. The van der Waals surface area contributed by atoms with Gasteiger partial charge in [0, 0.05) is 6.07 Å². The Hall–Kier alpha value is -3.17. The Kier molecular flexibility index (Phi) is 3.98. The van der Waals surface area contributed by atoms with Crippen LogP contribution in [0.25, 0.3) is 0 Å². The van der Waals surface area contributed by atoms with Crippen LogP contribution in [0.4, 0.5) is 11.4 Å². The van der Waals surface area contributed by atoms with Gasteiger partial charge in [-0.05, 0) is 6.07 Å². The number of nitro groups is 1. The van der Waals surface area contributed by atoms with E-state index >= 15 is 0 Å². The van der Waals surface area contributed by atoms with Crippen molar-refractivity contribution in [1.82, 2.24) is 0 Å². The monoisotopic (exact) mass is 266 g/mol. The van der Waals surface area contributed by atoms with Crippen LogP contribution in [0, 0.1) is 10.1 Å². The lowest BCUT2D eigenvalue weighted by molar-refractivity contribution is -0.384. The number of hydrogen-bond donors (Lipinski definition) is 4. The van der Waals surface area contributed by atoms with Gasteiger partial charge in [-0.15, -0.1) is 0 Å². The summed E-state index contributed by atoms with van der Waals surface area (Å²) in [6, 6.07) is 3.46. The van der Waals surface area contributed by atoms with Gasteiger partial charge < -0.3 is 22.3 Å². The molecule has 0 aliphatic heterocycles. The molecule has 19 heavy (non-hydrogen) atoms. The number of carboxylic acid groups (broad SMARTS) is 1. The predicted molar refractivity (Wildman–Crippen MR) is 67.1 cm³/mol.